The number of alkyl carbamates (subject to hydrolysis) is 1. The molecule has 2 N–H and O–H groups in total. The summed E-state index contributed by atoms with van der Waals surface area (Å²) in [4.78, 5) is 11.6. The lowest BCUT2D eigenvalue weighted by atomic mass is 10.1. The summed E-state index contributed by atoms with van der Waals surface area (Å²) in [5.74, 6) is 0. The fraction of sp³-hybridized carbons (Fsp3) is 0.500. The molecule has 0 unspecified atom stereocenters. The molecule has 0 saturated heterocycles. The van der Waals surface area contributed by atoms with Crippen LogP contribution in [-0.4, -0.2) is 36.6 Å². The van der Waals surface area contributed by atoms with Crippen molar-refractivity contribution in [2.75, 3.05) is 19.8 Å². The van der Waals surface area contributed by atoms with Gasteiger partial charge < -0.3 is 19.9 Å². The first-order valence-corrected chi connectivity index (χ1v) is 6.21. The zero-order valence-corrected chi connectivity index (χ0v) is 11.4. The molecule has 0 aliphatic rings. The number of rotatable bonds is 7. The van der Waals surface area contributed by atoms with Gasteiger partial charge in [0.1, 0.15) is 6.61 Å². The Morgan fingerprint density at radius 1 is 1.32 bits per heavy atom. The van der Waals surface area contributed by atoms with Crippen LogP contribution < -0.4 is 5.32 Å². The molecular formula is C14H21NO4. The fourth-order valence-electron chi connectivity index (χ4n) is 1.46. The Morgan fingerprint density at radius 2 is 2.00 bits per heavy atom. The van der Waals surface area contributed by atoms with Crippen molar-refractivity contribution in [3.05, 3.63) is 35.9 Å². The molecule has 0 aromatic heterocycles. The first-order valence-electron chi connectivity index (χ1n) is 6.21. The van der Waals surface area contributed by atoms with Crippen molar-refractivity contribution in [1.82, 2.24) is 5.32 Å². The second-order valence-corrected chi connectivity index (χ2v) is 4.85. The van der Waals surface area contributed by atoms with Gasteiger partial charge >= 0.3 is 6.09 Å². The molecule has 0 fully saturated rings. The van der Waals surface area contributed by atoms with E-state index in [9.17, 15) is 4.79 Å². The van der Waals surface area contributed by atoms with Crippen molar-refractivity contribution in [1.29, 1.82) is 0 Å². The Kier molecular flexibility index (Phi) is 6.32. The molecule has 19 heavy (non-hydrogen) atoms. The van der Waals surface area contributed by atoms with Crippen LogP contribution in [-0.2, 0) is 16.1 Å². The summed E-state index contributed by atoms with van der Waals surface area (Å²) in [6.07, 6.45) is -0.485. The van der Waals surface area contributed by atoms with E-state index in [0.717, 1.165) is 5.56 Å². The molecule has 0 aliphatic carbocycles. The van der Waals surface area contributed by atoms with Crippen molar-refractivity contribution in [2.24, 2.45) is 0 Å². The monoisotopic (exact) mass is 267 g/mol. The van der Waals surface area contributed by atoms with Gasteiger partial charge in [-0.05, 0) is 19.4 Å². The van der Waals surface area contributed by atoms with Gasteiger partial charge in [-0.1, -0.05) is 30.3 Å². The van der Waals surface area contributed by atoms with Crippen LogP contribution in [0.25, 0.3) is 0 Å². The number of carbonyl (C=O) groups is 1. The van der Waals surface area contributed by atoms with Crippen LogP contribution >= 0.6 is 0 Å². The average molecular weight is 267 g/mol. The Bertz CT molecular complexity index is 378. The van der Waals surface area contributed by atoms with E-state index in [4.69, 9.17) is 14.6 Å². The first kappa shape index (κ1) is 15.5. The smallest absolute Gasteiger partial charge is 0.407 e. The minimum Gasteiger partial charge on any atom is -0.445 e. The van der Waals surface area contributed by atoms with E-state index in [1.807, 2.05) is 44.2 Å². The predicted molar refractivity (Wildman–Crippen MR) is 71.7 cm³/mol. The topological polar surface area (TPSA) is 67.8 Å². The number of ether oxygens (including phenoxy) is 2. The van der Waals surface area contributed by atoms with Crippen molar-refractivity contribution in [3.8, 4) is 0 Å². The summed E-state index contributed by atoms with van der Waals surface area (Å²) in [7, 11) is 0. The molecule has 1 amide bonds. The average Bonchev–Trinajstić information content (AvgIpc) is 2.37. The second-order valence-electron chi connectivity index (χ2n) is 4.85. The molecule has 0 radical (unpaired) electrons. The molecule has 0 spiro atoms. The van der Waals surface area contributed by atoms with Gasteiger partial charge in [-0.15, -0.1) is 0 Å². The van der Waals surface area contributed by atoms with Crippen LogP contribution in [0.4, 0.5) is 4.79 Å². The van der Waals surface area contributed by atoms with Gasteiger partial charge in [-0.25, -0.2) is 4.79 Å². The van der Waals surface area contributed by atoms with Gasteiger partial charge in [-0.3, -0.25) is 0 Å². The Hall–Kier alpha value is -1.59. The number of aliphatic hydroxyl groups is 1. The van der Waals surface area contributed by atoms with E-state index in [0.29, 0.717) is 6.61 Å². The number of hydrogen-bond acceptors (Lipinski definition) is 4. The van der Waals surface area contributed by atoms with Crippen molar-refractivity contribution < 1.29 is 19.4 Å². The maximum Gasteiger partial charge on any atom is 0.407 e. The first-order chi connectivity index (χ1) is 9.03. The third-order valence-corrected chi connectivity index (χ3v) is 2.35. The summed E-state index contributed by atoms with van der Waals surface area (Å²) in [5, 5.41) is 11.3. The largest absolute Gasteiger partial charge is 0.445 e. The van der Waals surface area contributed by atoms with E-state index < -0.39 is 11.6 Å². The third-order valence-electron chi connectivity index (χ3n) is 2.35. The highest BCUT2D eigenvalue weighted by Crippen LogP contribution is 2.05. The SMILES string of the molecule is CC(C)(COCCO)NC(=O)OCc1ccccc1. The van der Waals surface area contributed by atoms with Crippen LogP contribution in [0, 0.1) is 0 Å². The summed E-state index contributed by atoms with van der Waals surface area (Å²) >= 11 is 0. The van der Waals surface area contributed by atoms with Crippen LogP contribution in [0.5, 0.6) is 0 Å². The summed E-state index contributed by atoms with van der Waals surface area (Å²) in [5.41, 5.74) is 0.398. The minimum atomic E-state index is -0.539. The molecule has 1 aromatic carbocycles. The second kappa shape index (κ2) is 7.76. The molecule has 1 aromatic rings. The molecule has 0 aliphatic heterocycles. The van der Waals surface area contributed by atoms with E-state index in [1.165, 1.54) is 0 Å². The molecule has 0 bridgehead atoms. The summed E-state index contributed by atoms with van der Waals surface area (Å²) in [6.45, 7) is 4.43. The zero-order valence-electron chi connectivity index (χ0n) is 11.4. The van der Waals surface area contributed by atoms with E-state index >= 15 is 0 Å². The molecule has 0 saturated carbocycles. The number of aliphatic hydroxyl groups excluding tert-OH is 1. The van der Waals surface area contributed by atoms with Crippen LogP contribution in [0.15, 0.2) is 30.3 Å². The van der Waals surface area contributed by atoms with Gasteiger partial charge in [0.05, 0.1) is 25.4 Å². The molecule has 106 valence electrons. The van der Waals surface area contributed by atoms with Gasteiger partial charge in [-0.2, -0.15) is 0 Å². The highest BCUT2D eigenvalue weighted by Gasteiger charge is 2.21. The molecule has 5 heteroatoms. The molecule has 5 nitrogen and oxygen atoms in total. The lowest BCUT2D eigenvalue weighted by Gasteiger charge is -2.25. The highest BCUT2D eigenvalue weighted by atomic mass is 16.5. The van der Waals surface area contributed by atoms with Gasteiger partial charge in [0.25, 0.3) is 0 Å². The van der Waals surface area contributed by atoms with Crippen LogP contribution in [0.2, 0.25) is 0 Å². The third kappa shape index (κ3) is 6.79. The normalized spacial score (nSPS) is 11.1. The van der Waals surface area contributed by atoms with E-state index in [2.05, 4.69) is 5.32 Å². The van der Waals surface area contributed by atoms with Crippen LogP contribution in [0.1, 0.15) is 19.4 Å². The Balaban J connectivity index is 2.30. The van der Waals surface area contributed by atoms with Crippen molar-refractivity contribution in [3.63, 3.8) is 0 Å². The summed E-state index contributed by atoms with van der Waals surface area (Å²) < 4.78 is 10.3. The Labute approximate surface area is 113 Å². The molecule has 0 heterocycles. The van der Waals surface area contributed by atoms with Gasteiger partial charge in [0, 0.05) is 0 Å². The van der Waals surface area contributed by atoms with Crippen LogP contribution in [0.3, 0.4) is 0 Å². The van der Waals surface area contributed by atoms with Crippen molar-refractivity contribution >= 4 is 6.09 Å². The van der Waals surface area contributed by atoms with Crippen molar-refractivity contribution in [2.45, 2.75) is 26.0 Å². The number of hydrogen-bond donors (Lipinski definition) is 2. The molecule has 0 atom stereocenters. The van der Waals surface area contributed by atoms with Gasteiger partial charge in [0.2, 0.25) is 0 Å². The van der Waals surface area contributed by atoms with E-state index in [1.54, 1.807) is 0 Å². The highest BCUT2D eigenvalue weighted by molar-refractivity contribution is 5.68. The number of benzene rings is 1. The maximum absolute atomic E-state index is 11.6. The minimum absolute atomic E-state index is 0.0332. The zero-order chi connectivity index (χ0) is 14.1. The maximum atomic E-state index is 11.6. The number of amides is 1. The fourth-order valence-corrected chi connectivity index (χ4v) is 1.46. The quantitative estimate of drug-likeness (QED) is 0.738. The number of carbonyl (C=O) groups excluding carboxylic acids is 1. The summed E-state index contributed by atoms with van der Waals surface area (Å²) in [6, 6.07) is 9.48. The van der Waals surface area contributed by atoms with Gasteiger partial charge in [0.15, 0.2) is 0 Å². The number of nitrogens with one attached hydrogen (secondary N) is 1. The standard InChI is InChI=1S/C14H21NO4/c1-14(2,11-18-9-8-16)15-13(17)19-10-12-6-4-3-5-7-12/h3-7,16H,8-11H2,1-2H3,(H,15,17). The Morgan fingerprint density at radius 3 is 2.63 bits per heavy atom. The molecular weight excluding hydrogens is 246 g/mol. The lowest BCUT2D eigenvalue weighted by Crippen LogP contribution is -2.47. The molecule has 1 rings (SSSR count). The predicted octanol–water partition coefficient (Wildman–Crippen LogP) is 1.70. The lowest BCUT2D eigenvalue weighted by molar-refractivity contribution is 0.0515. The van der Waals surface area contributed by atoms with E-state index in [-0.39, 0.29) is 19.8 Å².